The fraction of sp³-hybridized carbons (Fsp3) is 0.407. The fourth-order valence-corrected chi connectivity index (χ4v) is 3.64. The number of aliphatic carboxylic acids is 1. The van der Waals surface area contributed by atoms with Gasteiger partial charge in [0.15, 0.2) is 11.4 Å². The number of hydrogen-bond acceptors (Lipinski definition) is 6. The fourth-order valence-electron chi connectivity index (χ4n) is 3.64. The maximum atomic E-state index is 12.6. The van der Waals surface area contributed by atoms with Gasteiger partial charge in [0, 0.05) is 25.2 Å². The molecule has 0 aromatic heterocycles. The number of hydrogen-bond donors (Lipinski definition) is 1. The second-order valence-corrected chi connectivity index (χ2v) is 8.93. The summed E-state index contributed by atoms with van der Waals surface area (Å²) in [7, 11) is 0. The monoisotopic (exact) mass is 467 g/mol. The van der Waals surface area contributed by atoms with Crippen LogP contribution in [0.15, 0.2) is 42.5 Å². The minimum atomic E-state index is -1.33. The van der Waals surface area contributed by atoms with Crippen LogP contribution in [0.5, 0.6) is 11.5 Å². The molecule has 0 unspecified atom stereocenters. The van der Waals surface area contributed by atoms with E-state index >= 15 is 0 Å². The number of nitrogens with zero attached hydrogens (tertiary/aromatic N) is 1. The van der Waals surface area contributed by atoms with Crippen LogP contribution in [0.2, 0.25) is 0 Å². The van der Waals surface area contributed by atoms with Gasteiger partial charge in [-0.05, 0) is 86.9 Å². The second-order valence-electron chi connectivity index (χ2n) is 8.93. The number of benzene rings is 2. The van der Waals surface area contributed by atoms with Gasteiger partial charge in [-0.25, -0.2) is 4.79 Å². The Morgan fingerprint density at radius 1 is 1.09 bits per heavy atom. The van der Waals surface area contributed by atoms with Crippen LogP contribution >= 0.6 is 0 Å². The van der Waals surface area contributed by atoms with Gasteiger partial charge in [-0.3, -0.25) is 9.69 Å². The summed E-state index contributed by atoms with van der Waals surface area (Å²) in [5, 5.41) is 9.32. The van der Waals surface area contributed by atoms with Crippen molar-refractivity contribution < 1.29 is 28.9 Å². The van der Waals surface area contributed by atoms with Gasteiger partial charge >= 0.3 is 5.97 Å². The van der Waals surface area contributed by atoms with Crippen LogP contribution < -0.4 is 9.47 Å². The Morgan fingerprint density at radius 3 is 2.29 bits per heavy atom. The predicted octanol–water partition coefficient (Wildman–Crippen LogP) is 4.15. The first kappa shape index (κ1) is 25.5. The highest BCUT2D eigenvalue weighted by Crippen LogP contribution is 2.29. The molecule has 7 nitrogen and oxygen atoms in total. The molecule has 2 aromatic carbocycles. The number of allylic oxidation sites excluding steroid dienone is 1. The second kappa shape index (κ2) is 11.3. The average molecular weight is 468 g/mol. The molecule has 1 saturated heterocycles. The van der Waals surface area contributed by atoms with Gasteiger partial charge in [-0.2, -0.15) is 0 Å². The van der Waals surface area contributed by atoms with Crippen LogP contribution in [0.3, 0.4) is 0 Å². The zero-order chi connectivity index (χ0) is 24.7. The lowest BCUT2D eigenvalue weighted by Crippen LogP contribution is -2.38. The third kappa shape index (κ3) is 6.92. The zero-order valence-electron chi connectivity index (χ0n) is 20.3. The van der Waals surface area contributed by atoms with E-state index in [0.29, 0.717) is 17.9 Å². The van der Waals surface area contributed by atoms with Gasteiger partial charge in [-0.15, -0.1) is 0 Å². The number of ketones is 1. The van der Waals surface area contributed by atoms with E-state index in [1.54, 1.807) is 18.2 Å². The van der Waals surface area contributed by atoms with E-state index < -0.39 is 11.6 Å². The summed E-state index contributed by atoms with van der Waals surface area (Å²) >= 11 is 0. The molecule has 1 aliphatic heterocycles. The van der Waals surface area contributed by atoms with Crippen molar-refractivity contribution >= 4 is 17.8 Å². The maximum absolute atomic E-state index is 12.6. The molecule has 1 fully saturated rings. The van der Waals surface area contributed by atoms with Crippen LogP contribution in [0.1, 0.15) is 40.9 Å². The Labute approximate surface area is 200 Å². The number of aryl methyl sites for hydroxylation is 2. The Bertz CT molecular complexity index is 1010. The van der Waals surface area contributed by atoms with E-state index in [-0.39, 0.29) is 5.78 Å². The predicted molar refractivity (Wildman–Crippen MR) is 131 cm³/mol. The topological polar surface area (TPSA) is 85.3 Å². The highest BCUT2D eigenvalue weighted by Gasteiger charge is 2.30. The number of carbonyl (C=O) groups is 2. The van der Waals surface area contributed by atoms with Crippen molar-refractivity contribution in [2.24, 2.45) is 0 Å². The molecule has 0 radical (unpaired) electrons. The van der Waals surface area contributed by atoms with E-state index in [9.17, 15) is 14.7 Å². The maximum Gasteiger partial charge on any atom is 0.347 e. The lowest BCUT2D eigenvalue weighted by Gasteiger charge is -2.26. The summed E-state index contributed by atoms with van der Waals surface area (Å²) in [6, 6.07) is 10.9. The number of carbonyl (C=O) groups excluding carboxylic acids is 1. The Hall–Kier alpha value is -3.16. The Morgan fingerprint density at radius 2 is 1.71 bits per heavy atom. The number of carboxylic acids is 1. The van der Waals surface area contributed by atoms with Gasteiger partial charge in [0.1, 0.15) is 18.1 Å². The summed E-state index contributed by atoms with van der Waals surface area (Å²) in [6.07, 6.45) is 3.28. The molecule has 1 heterocycles. The average Bonchev–Trinajstić information content (AvgIpc) is 2.81. The third-order valence-corrected chi connectivity index (χ3v) is 5.70. The molecular formula is C27H33NO6. The molecule has 0 saturated carbocycles. The van der Waals surface area contributed by atoms with E-state index in [0.717, 1.165) is 55.3 Å². The van der Waals surface area contributed by atoms with Crippen LogP contribution in [-0.4, -0.2) is 66.8 Å². The first-order chi connectivity index (χ1) is 16.2. The van der Waals surface area contributed by atoms with E-state index in [2.05, 4.69) is 4.90 Å². The van der Waals surface area contributed by atoms with E-state index in [1.165, 1.54) is 19.9 Å². The zero-order valence-corrected chi connectivity index (χ0v) is 20.3. The van der Waals surface area contributed by atoms with Crippen molar-refractivity contribution in [3.8, 4) is 11.5 Å². The van der Waals surface area contributed by atoms with Crippen LogP contribution in [-0.2, 0) is 9.53 Å². The van der Waals surface area contributed by atoms with E-state index in [4.69, 9.17) is 14.2 Å². The van der Waals surface area contributed by atoms with Gasteiger partial charge in [0.25, 0.3) is 0 Å². The minimum absolute atomic E-state index is 0.109. The summed E-state index contributed by atoms with van der Waals surface area (Å²) in [5.41, 5.74) is 1.70. The van der Waals surface area contributed by atoms with Crippen molar-refractivity contribution in [2.75, 3.05) is 39.5 Å². The molecule has 2 aromatic rings. The summed E-state index contributed by atoms with van der Waals surface area (Å²) < 4.78 is 16.9. The molecule has 34 heavy (non-hydrogen) atoms. The SMILES string of the molecule is Cc1cc(/C=C/C(=O)c2ccc(OCCN3CCOCC3)cc2)cc(C)c1OC(C)(C)C(=O)O. The summed E-state index contributed by atoms with van der Waals surface area (Å²) in [5.74, 6) is 0.136. The first-order valence-electron chi connectivity index (χ1n) is 11.4. The lowest BCUT2D eigenvalue weighted by molar-refractivity contribution is -0.152. The first-order valence-corrected chi connectivity index (χ1v) is 11.4. The normalized spacial score (nSPS) is 14.8. The molecule has 7 heteroatoms. The van der Waals surface area contributed by atoms with Gasteiger partial charge in [0.05, 0.1) is 13.2 Å². The Balaban J connectivity index is 1.57. The van der Waals surface area contributed by atoms with Gasteiger partial charge in [0.2, 0.25) is 0 Å². The highest BCUT2D eigenvalue weighted by molar-refractivity contribution is 6.06. The van der Waals surface area contributed by atoms with Crippen LogP contribution in [0, 0.1) is 13.8 Å². The smallest absolute Gasteiger partial charge is 0.347 e. The number of rotatable bonds is 10. The third-order valence-electron chi connectivity index (χ3n) is 5.70. The molecule has 182 valence electrons. The van der Waals surface area contributed by atoms with E-state index in [1.807, 2.05) is 38.1 Å². The molecular weight excluding hydrogens is 434 g/mol. The number of carboxylic acid groups (broad SMARTS) is 1. The minimum Gasteiger partial charge on any atom is -0.492 e. The lowest BCUT2D eigenvalue weighted by atomic mass is 10.0. The van der Waals surface area contributed by atoms with Gasteiger partial charge < -0.3 is 19.3 Å². The van der Waals surface area contributed by atoms with Crippen molar-refractivity contribution in [3.05, 3.63) is 64.7 Å². The van der Waals surface area contributed by atoms with Crippen molar-refractivity contribution in [3.63, 3.8) is 0 Å². The largest absolute Gasteiger partial charge is 0.492 e. The molecule has 3 rings (SSSR count). The highest BCUT2D eigenvalue weighted by atomic mass is 16.5. The number of ether oxygens (including phenoxy) is 3. The molecule has 0 aliphatic carbocycles. The molecule has 0 bridgehead atoms. The van der Waals surface area contributed by atoms with Crippen molar-refractivity contribution in [1.29, 1.82) is 0 Å². The van der Waals surface area contributed by atoms with Gasteiger partial charge in [-0.1, -0.05) is 6.08 Å². The molecule has 0 spiro atoms. The summed E-state index contributed by atoms with van der Waals surface area (Å²) in [4.78, 5) is 26.3. The van der Waals surface area contributed by atoms with Crippen molar-refractivity contribution in [2.45, 2.75) is 33.3 Å². The Kier molecular flexibility index (Phi) is 8.47. The molecule has 0 atom stereocenters. The standard InChI is InChI=1S/C27H33NO6/c1-19-17-21(18-20(2)25(19)34-27(3,4)26(30)31)5-10-24(29)22-6-8-23(9-7-22)33-16-13-28-11-14-32-15-12-28/h5-10,17-18H,11-16H2,1-4H3,(H,30,31)/b10-5+. The van der Waals surface area contributed by atoms with Crippen molar-refractivity contribution in [1.82, 2.24) is 4.90 Å². The van der Waals surface area contributed by atoms with Crippen LogP contribution in [0.25, 0.3) is 6.08 Å². The molecule has 0 amide bonds. The van der Waals surface area contributed by atoms with Crippen LogP contribution in [0.4, 0.5) is 0 Å². The molecule has 1 aliphatic rings. The number of morpholine rings is 1. The molecule has 1 N–H and O–H groups in total. The summed E-state index contributed by atoms with van der Waals surface area (Å²) in [6.45, 7) is 11.6. The quantitative estimate of drug-likeness (QED) is 0.415.